The number of ether oxygens (including phenoxy) is 2. The van der Waals surface area contributed by atoms with E-state index in [4.69, 9.17) is 9.47 Å². The van der Waals surface area contributed by atoms with Crippen molar-refractivity contribution in [3.05, 3.63) is 59.7 Å². The minimum absolute atomic E-state index is 0.175. The molecule has 0 unspecified atom stereocenters. The van der Waals surface area contributed by atoms with E-state index >= 15 is 0 Å². The van der Waals surface area contributed by atoms with Gasteiger partial charge in [-0.15, -0.1) is 0 Å². The fourth-order valence-electron chi connectivity index (χ4n) is 2.75. The van der Waals surface area contributed by atoms with Gasteiger partial charge in [0.15, 0.2) is 0 Å². The van der Waals surface area contributed by atoms with Crippen LogP contribution in [0.15, 0.2) is 48.5 Å². The third-order valence-corrected chi connectivity index (χ3v) is 4.11. The van der Waals surface area contributed by atoms with Gasteiger partial charge < -0.3 is 19.9 Å². The Morgan fingerprint density at radius 2 is 1.65 bits per heavy atom. The van der Waals surface area contributed by atoms with Crippen molar-refractivity contribution < 1.29 is 24.2 Å². The smallest absolute Gasteiger partial charge is 0.326 e. The first-order valence-corrected chi connectivity index (χ1v) is 8.60. The van der Waals surface area contributed by atoms with Gasteiger partial charge in [-0.25, -0.2) is 4.79 Å². The van der Waals surface area contributed by atoms with E-state index in [9.17, 15) is 14.7 Å². The lowest BCUT2D eigenvalue weighted by molar-refractivity contribution is -0.139. The van der Waals surface area contributed by atoms with Crippen LogP contribution in [0.1, 0.15) is 28.8 Å². The Hall–Kier alpha value is -3.02. The van der Waals surface area contributed by atoms with E-state index in [0.717, 1.165) is 18.4 Å². The quantitative estimate of drug-likeness (QED) is 0.821. The monoisotopic (exact) mass is 355 g/mol. The highest BCUT2D eigenvalue weighted by Gasteiger charge is 2.21. The average Bonchev–Trinajstić information content (AvgIpc) is 2.64. The van der Waals surface area contributed by atoms with Gasteiger partial charge >= 0.3 is 5.97 Å². The number of carbonyl (C=O) groups is 2. The molecule has 0 saturated carbocycles. The van der Waals surface area contributed by atoms with Crippen molar-refractivity contribution in [3.63, 3.8) is 0 Å². The van der Waals surface area contributed by atoms with Crippen molar-refractivity contribution >= 4 is 11.9 Å². The third kappa shape index (κ3) is 4.75. The van der Waals surface area contributed by atoms with Crippen LogP contribution in [0, 0.1) is 0 Å². The molecule has 0 aliphatic carbocycles. The first-order chi connectivity index (χ1) is 12.6. The van der Waals surface area contributed by atoms with Gasteiger partial charge in [-0.2, -0.15) is 0 Å². The van der Waals surface area contributed by atoms with Crippen LogP contribution in [0.5, 0.6) is 11.5 Å². The molecule has 1 heterocycles. The van der Waals surface area contributed by atoms with E-state index in [1.807, 2.05) is 24.3 Å². The normalized spacial score (nSPS) is 18.2. The summed E-state index contributed by atoms with van der Waals surface area (Å²) >= 11 is 0. The molecule has 4 bridgehead atoms. The van der Waals surface area contributed by atoms with Gasteiger partial charge in [0.25, 0.3) is 5.91 Å². The molecule has 26 heavy (non-hydrogen) atoms. The Labute approximate surface area is 151 Å². The lowest BCUT2D eigenvalue weighted by Crippen LogP contribution is -2.42. The summed E-state index contributed by atoms with van der Waals surface area (Å²) in [5.41, 5.74) is 1.16. The summed E-state index contributed by atoms with van der Waals surface area (Å²) in [6, 6.07) is 13.0. The standard InChI is InChI=1S/C20H21NO5/c22-19-15-6-4-8-17(13-15)26-10-2-1-9-25-16-7-3-5-14(11-16)12-18(21-19)20(23)24/h3-8,11,13,18H,1-2,9-10,12H2,(H,21,22)(H,23,24)/t18-/m0/s1. The fourth-order valence-corrected chi connectivity index (χ4v) is 2.75. The highest BCUT2D eigenvalue weighted by atomic mass is 16.5. The second-order valence-electron chi connectivity index (χ2n) is 6.15. The van der Waals surface area contributed by atoms with E-state index in [0.29, 0.717) is 30.3 Å². The fraction of sp³-hybridized carbons (Fsp3) is 0.300. The van der Waals surface area contributed by atoms with Crippen LogP contribution in [0.3, 0.4) is 0 Å². The lowest BCUT2D eigenvalue weighted by atomic mass is 10.0. The molecule has 0 fully saturated rings. The van der Waals surface area contributed by atoms with Gasteiger partial charge in [0, 0.05) is 12.0 Å². The molecule has 1 aliphatic heterocycles. The number of benzene rings is 2. The summed E-state index contributed by atoms with van der Waals surface area (Å²) < 4.78 is 11.4. The third-order valence-electron chi connectivity index (χ3n) is 4.11. The highest BCUT2D eigenvalue weighted by molar-refractivity contribution is 5.97. The molecule has 6 nitrogen and oxygen atoms in total. The van der Waals surface area contributed by atoms with E-state index in [-0.39, 0.29) is 6.42 Å². The molecule has 0 spiro atoms. The van der Waals surface area contributed by atoms with Crippen molar-refractivity contribution in [3.8, 4) is 11.5 Å². The van der Waals surface area contributed by atoms with Crippen LogP contribution in [0.4, 0.5) is 0 Å². The van der Waals surface area contributed by atoms with Crippen molar-refractivity contribution in [1.29, 1.82) is 0 Å². The van der Waals surface area contributed by atoms with Crippen molar-refractivity contribution in [2.75, 3.05) is 13.2 Å². The number of carboxylic acid groups (broad SMARTS) is 1. The van der Waals surface area contributed by atoms with Crippen molar-refractivity contribution in [2.24, 2.45) is 0 Å². The van der Waals surface area contributed by atoms with Gasteiger partial charge in [-0.05, 0) is 48.7 Å². The Morgan fingerprint density at radius 3 is 2.35 bits per heavy atom. The van der Waals surface area contributed by atoms with Crippen LogP contribution in [0.2, 0.25) is 0 Å². The van der Waals surface area contributed by atoms with Gasteiger partial charge in [0.05, 0.1) is 13.2 Å². The van der Waals surface area contributed by atoms with Crippen LogP contribution in [-0.4, -0.2) is 36.2 Å². The number of rotatable bonds is 1. The maximum atomic E-state index is 12.5. The van der Waals surface area contributed by atoms with Crippen LogP contribution < -0.4 is 14.8 Å². The lowest BCUT2D eigenvalue weighted by Gasteiger charge is -2.16. The Balaban J connectivity index is 1.86. The molecule has 136 valence electrons. The largest absolute Gasteiger partial charge is 0.494 e. The molecular formula is C20H21NO5. The predicted molar refractivity (Wildman–Crippen MR) is 95.7 cm³/mol. The first kappa shape index (κ1) is 17.8. The number of amides is 1. The van der Waals surface area contributed by atoms with E-state index in [1.165, 1.54) is 0 Å². The van der Waals surface area contributed by atoms with Crippen molar-refractivity contribution in [1.82, 2.24) is 5.32 Å². The maximum Gasteiger partial charge on any atom is 0.326 e. The van der Waals surface area contributed by atoms with E-state index < -0.39 is 17.9 Å². The SMILES string of the molecule is O=C1N[C@H](C(=O)O)Cc2cccc(c2)OCCCCOc2cccc1c2. The first-order valence-electron chi connectivity index (χ1n) is 8.60. The molecular weight excluding hydrogens is 334 g/mol. The van der Waals surface area contributed by atoms with Gasteiger partial charge in [0.2, 0.25) is 0 Å². The molecule has 1 aliphatic rings. The van der Waals surface area contributed by atoms with Gasteiger partial charge in [-0.1, -0.05) is 18.2 Å². The second-order valence-corrected chi connectivity index (χ2v) is 6.15. The predicted octanol–water partition coefficient (Wildman–Crippen LogP) is 2.66. The molecule has 0 radical (unpaired) electrons. The molecule has 3 rings (SSSR count). The maximum absolute atomic E-state index is 12.5. The zero-order valence-corrected chi connectivity index (χ0v) is 14.3. The van der Waals surface area contributed by atoms with Crippen LogP contribution in [0.25, 0.3) is 0 Å². The molecule has 2 aromatic carbocycles. The molecule has 2 N–H and O–H groups in total. The molecule has 1 atom stereocenters. The highest BCUT2D eigenvalue weighted by Crippen LogP contribution is 2.17. The van der Waals surface area contributed by atoms with Gasteiger partial charge in [-0.3, -0.25) is 4.79 Å². The topological polar surface area (TPSA) is 84.9 Å². The van der Waals surface area contributed by atoms with Crippen molar-refractivity contribution in [2.45, 2.75) is 25.3 Å². The zero-order chi connectivity index (χ0) is 18.4. The minimum atomic E-state index is -1.09. The number of nitrogens with one attached hydrogen (secondary N) is 1. The zero-order valence-electron chi connectivity index (χ0n) is 14.3. The summed E-state index contributed by atoms with van der Waals surface area (Å²) in [4.78, 5) is 24.0. The van der Waals surface area contributed by atoms with E-state index in [1.54, 1.807) is 24.3 Å². The number of carboxylic acids is 1. The average molecular weight is 355 g/mol. The van der Waals surface area contributed by atoms with Crippen LogP contribution in [-0.2, 0) is 11.2 Å². The number of hydrogen-bond donors (Lipinski definition) is 2. The molecule has 6 heteroatoms. The Morgan fingerprint density at radius 1 is 1.00 bits per heavy atom. The van der Waals surface area contributed by atoms with Crippen LogP contribution >= 0.6 is 0 Å². The second kappa shape index (κ2) is 8.38. The summed E-state index contributed by atoms with van der Waals surface area (Å²) in [7, 11) is 0. The number of fused-ring (bicyclic) bond motifs is 4. The molecule has 0 aromatic heterocycles. The molecule has 2 aromatic rings. The summed E-state index contributed by atoms with van der Waals surface area (Å²) in [5.74, 6) is -0.250. The Kier molecular flexibility index (Phi) is 5.73. The van der Waals surface area contributed by atoms with Gasteiger partial charge in [0.1, 0.15) is 17.5 Å². The molecule has 1 amide bonds. The summed E-state index contributed by atoms with van der Waals surface area (Å²) in [6.07, 6.45) is 1.84. The number of carbonyl (C=O) groups excluding carboxylic acids is 1. The number of aliphatic carboxylic acids is 1. The van der Waals surface area contributed by atoms with E-state index in [2.05, 4.69) is 5.32 Å². The number of hydrogen-bond acceptors (Lipinski definition) is 4. The Bertz CT molecular complexity index is 789. The molecule has 0 saturated heterocycles. The minimum Gasteiger partial charge on any atom is -0.494 e. The summed E-state index contributed by atoms with van der Waals surface area (Å²) in [5, 5.41) is 12.1. The summed E-state index contributed by atoms with van der Waals surface area (Å²) in [6.45, 7) is 1.08.